The van der Waals surface area contributed by atoms with E-state index in [1.54, 1.807) is 12.7 Å². The lowest BCUT2D eigenvalue weighted by Crippen LogP contribution is -2.42. The smallest absolute Gasteiger partial charge is 0.119 e. The zero-order valence-corrected chi connectivity index (χ0v) is 13.8. The Labute approximate surface area is 134 Å². The van der Waals surface area contributed by atoms with Crippen molar-refractivity contribution in [2.45, 2.75) is 51.4 Å². The van der Waals surface area contributed by atoms with E-state index in [2.05, 4.69) is 31.0 Å². The standard InChI is InChI=1S/C21H26O/c1-4-15-6-10-20-19-8-5-14-13-16(22-3)7-9-17(14)18(19)11-12-21(15,20)2/h1,7,9,13,15,18-20H,5-6,8,10-12H2,2-3H3/t15-,18+,19+,20-,21+/m0/s1. The van der Waals surface area contributed by atoms with Crippen LogP contribution in [0.15, 0.2) is 18.2 Å². The summed E-state index contributed by atoms with van der Waals surface area (Å²) in [7, 11) is 1.76. The van der Waals surface area contributed by atoms with Crippen LogP contribution >= 0.6 is 0 Å². The number of fused-ring (bicyclic) bond motifs is 5. The summed E-state index contributed by atoms with van der Waals surface area (Å²) < 4.78 is 5.41. The van der Waals surface area contributed by atoms with E-state index in [0.717, 1.165) is 23.5 Å². The SMILES string of the molecule is C#C[C@H]1CC[C@H]2[C@@H]3CCc4cc(OC)ccc4[C@H]3CC[C@]12C. The van der Waals surface area contributed by atoms with Gasteiger partial charge in [0.1, 0.15) is 5.75 Å². The molecule has 116 valence electrons. The predicted molar refractivity (Wildman–Crippen MR) is 89.9 cm³/mol. The normalized spacial score (nSPS) is 39.3. The van der Waals surface area contributed by atoms with Crippen LogP contribution in [-0.4, -0.2) is 7.11 Å². The van der Waals surface area contributed by atoms with Crippen molar-refractivity contribution in [1.82, 2.24) is 0 Å². The molecule has 0 radical (unpaired) electrons. The molecule has 0 spiro atoms. The first kappa shape index (κ1) is 14.2. The average molecular weight is 294 g/mol. The highest BCUT2D eigenvalue weighted by Crippen LogP contribution is 2.62. The summed E-state index contributed by atoms with van der Waals surface area (Å²) in [5, 5.41) is 0. The Balaban J connectivity index is 1.68. The third-order valence-corrected chi connectivity index (χ3v) is 7.13. The first-order valence-corrected chi connectivity index (χ1v) is 8.80. The minimum absolute atomic E-state index is 0.403. The summed E-state index contributed by atoms with van der Waals surface area (Å²) in [5.74, 6) is 7.07. The topological polar surface area (TPSA) is 9.23 Å². The number of rotatable bonds is 1. The molecule has 1 heteroatoms. The van der Waals surface area contributed by atoms with Gasteiger partial charge in [0.2, 0.25) is 0 Å². The second-order valence-electron chi connectivity index (χ2n) is 7.82. The van der Waals surface area contributed by atoms with Crippen molar-refractivity contribution < 1.29 is 4.74 Å². The summed E-state index contributed by atoms with van der Waals surface area (Å²) in [6, 6.07) is 6.74. The van der Waals surface area contributed by atoms with Crippen molar-refractivity contribution >= 4 is 0 Å². The fraction of sp³-hybridized carbons (Fsp3) is 0.619. The Hall–Kier alpha value is -1.42. The molecule has 2 fully saturated rings. The van der Waals surface area contributed by atoms with Crippen LogP contribution in [0.3, 0.4) is 0 Å². The minimum Gasteiger partial charge on any atom is -0.497 e. The molecule has 0 N–H and O–H groups in total. The number of hydrogen-bond acceptors (Lipinski definition) is 1. The minimum atomic E-state index is 0.403. The second kappa shape index (κ2) is 5.05. The van der Waals surface area contributed by atoms with Crippen LogP contribution in [0.4, 0.5) is 0 Å². The zero-order valence-electron chi connectivity index (χ0n) is 13.8. The number of methoxy groups -OCH3 is 1. The van der Waals surface area contributed by atoms with Gasteiger partial charge in [-0.25, -0.2) is 0 Å². The Morgan fingerprint density at radius 1 is 1.23 bits per heavy atom. The lowest BCUT2D eigenvalue weighted by molar-refractivity contribution is 0.0432. The molecule has 0 saturated heterocycles. The highest BCUT2D eigenvalue weighted by molar-refractivity contribution is 5.40. The average Bonchev–Trinajstić information content (AvgIpc) is 2.90. The number of benzene rings is 1. The fourth-order valence-corrected chi connectivity index (χ4v) is 5.96. The molecule has 2 saturated carbocycles. The van der Waals surface area contributed by atoms with E-state index < -0.39 is 0 Å². The first-order chi connectivity index (χ1) is 10.7. The van der Waals surface area contributed by atoms with Crippen LogP contribution in [0.1, 0.15) is 56.1 Å². The summed E-state index contributed by atoms with van der Waals surface area (Å²) in [5.41, 5.74) is 3.53. The van der Waals surface area contributed by atoms with Gasteiger partial charge < -0.3 is 4.74 Å². The van der Waals surface area contributed by atoms with Crippen LogP contribution in [0.2, 0.25) is 0 Å². The van der Waals surface area contributed by atoms with Gasteiger partial charge in [0.15, 0.2) is 0 Å². The lowest BCUT2D eigenvalue weighted by atomic mass is 9.54. The van der Waals surface area contributed by atoms with E-state index in [1.165, 1.54) is 44.1 Å². The van der Waals surface area contributed by atoms with E-state index >= 15 is 0 Å². The van der Waals surface area contributed by atoms with E-state index in [-0.39, 0.29) is 0 Å². The molecule has 22 heavy (non-hydrogen) atoms. The van der Waals surface area contributed by atoms with Gasteiger partial charge in [0, 0.05) is 5.92 Å². The Kier molecular flexibility index (Phi) is 3.26. The quantitative estimate of drug-likeness (QED) is 0.676. The van der Waals surface area contributed by atoms with Crippen LogP contribution in [0, 0.1) is 35.5 Å². The molecule has 1 nitrogen and oxygen atoms in total. The van der Waals surface area contributed by atoms with Gasteiger partial charge in [-0.2, -0.15) is 0 Å². The molecular weight excluding hydrogens is 268 g/mol. The summed E-state index contributed by atoms with van der Waals surface area (Å²) in [4.78, 5) is 0. The molecule has 3 aliphatic rings. The van der Waals surface area contributed by atoms with Gasteiger partial charge in [0.25, 0.3) is 0 Å². The van der Waals surface area contributed by atoms with E-state index in [4.69, 9.17) is 11.2 Å². The number of aryl methyl sites for hydroxylation is 1. The predicted octanol–water partition coefficient (Wildman–Crippen LogP) is 4.80. The van der Waals surface area contributed by atoms with Crippen molar-refractivity contribution in [2.24, 2.45) is 23.2 Å². The van der Waals surface area contributed by atoms with E-state index in [9.17, 15) is 0 Å². The molecule has 3 aliphatic carbocycles. The number of ether oxygens (including phenoxy) is 1. The summed E-state index contributed by atoms with van der Waals surface area (Å²) in [6.45, 7) is 2.48. The van der Waals surface area contributed by atoms with Gasteiger partial charge in [-0.1, -0.05) is 13.0 Å². The van der Waals surface area contributed by atoms with E-state index in [1.807, 2.05) is 0 Å². The van der Waals surface area contributed by atoms with Crippen molar-refractivity contribution in [1.29, 1.82) is 0 Å². The van der Waals surface area contributed by atoms with Gasteiger partial charge in [0.05, 0.1) is 7.11 Å². The third-order valence-electron chi connectivity index (χ3n) is 7.13. The van der Waals surface area contributed by atoms with Crippen molar-refractivity contribution in [3.8, 4) is 18.1 Å². The molecule has 1 aromatic carbocycles. The second-order valence-corrected chi connectivity index (χ2v) is 7.82. The summed E-state index contributed by atoms with van der Waals surface area (Å²) >= 11 is 0. The highest BCUT2D eigenvalue weighted by Gasteiger charge is 2.54. The van der Waals surface area contributed by atoms with Crippen molar-refractivity contribution in [3.05, 3.63) is 29.3 Å². The Morgan fingerprint density at radius 2 is 2.09 bits per heavy atom. The molecule has 0 unspecified atom stereocenters. The maximum atomic E-state index is 5.84. The lowest BCUT2D eigenvalue weighted by Gasteiger charge is -2.50. The van der Waals surface area contributed by atoms with Gasteiger partial charge >= 0.3 is 0 Å². The molecule has 0 aliphatic heterocycles. The summed E-state index contributed by atoms with van der Waals surface area (Å²) in [6.07, 6.45) is 13.6. The van der Waals surface area contributed by atoms with Gasteiger partial charge in [-0.3, -0.25) is 0 Å². The molecule has 4 rings (SSSR count). The molecule has 0 aromatic heterocycles. The van der Waals surface area contributed by atoms with Crippen LogP contribution in [0.5, 0.6) is 5.75 Å². The maximum Gasteiger partial charge on any atom is 0.119 e. The first-order valence-electron chi connectivity index (χ1n) is 8.80. The van der Waals surface area contributed by atoms with E-state index in [0.29, 0.717) is 11.3 Å². The monoisotopic (exact) mass is 294 g/mol. The largest absolute Gasteiger partial charge is 0.497 e. The third kappa shape index (κ3) is 1.86. The fourth-order valence-electron chi connectivity index (χ4n) is 5.96. The van der Waals surface area contributed by atoms with Gasteiger partial charge in [-0.05, 0) is 85.0 Å². The number of terminal acetylenes is 1. The van der Waals surface area contributed by atoms with Crippen molar-refractivity contribution in [3.63, 3.8) is 0 Å². The molecule has 0 heterocycles. The molecule has 5 atom stereocenters. The number of hydrogen-bond donors (Lipinski definition) is 0. The van der Waals surface area contributed by atoms with Crippen LogP contribution in [-0.2, 0) is 6.42 Å². The highest BCUT2D eigenvalue weighted by atomic mass is 16.5. The Bertz CT molecular complexity index is 625. The molecule has 1 aromatic rings. The molecular formula is C21H26O. The zero-order chi connectivity index (χ0) is 15.3. The maximum absolute atomic E-state index is 5.84. The Morgan fingerprint density at radius 3 is 2.86 bits per heavy atom. The molecule has 0 amide bonds. The van der Waals surface area contributed by atoms with Gasteiger partial charge in [-0.15, -0.1) is 12.3 Å². The van der Waals surface area contributed by atoms with Crippen LogP contribution in [0.25, 0.3) is 0 Å². The van der Waals surface area contributed by atoms with Crippen LogP contribution < -0.4 is 4.74 Å². The molecule has 0 bridgehead atoms. The van der Waals surface area contributed by atoms with Crippen molar-refractivity contribution in [2.75, 3.05) is 7.11 Å².